The summed E-state index contributed by atoms with van der Waals surface area (Å²) < 4.78 is 8.14. The Morgan fingerprint density at radius 1 is 1.56 bits per heavy atom. The normalized spacial score (nSPS) is 35.3. The fourth-order valence-electron chi connectivity index (χ4n) is 1.36. The molecule has 2 unspecified atom stereocenters. The quantitative estimate of drug-likeness (QED) is 0.568. The van der Waals surface area contributed by atoms with E-state index in [-0.39, 0.29) is 0 Å². The number of nitrogens with one attached hydrogen (secondary N) is 1. The topological polar surface area (TPSA) is 21.3 Å². The van der Waals surface area contributed by atoms with Crippen molar-refractivity contribution in [2.45, 2.75) is 31.4 Å². The van der Waals surface area contributed by atoms with Crippen molar-refractivity contribution < 1.29 is 4.74 Å². The van der Waals surface area contributed by atoms with Gasteiger partial charge in [0.15, 0.2) is 0 Å². The molecule has 0 amide bonds. The number of methoxy groups -OCH3 is 1. The minimum absolute atomic E-state index is 0.391. The average Bonchev–Trinajstić information content (AvgIpc) is 2.33. The molecule has 0 aromatic rings. The van der Waals surface area contributed by atoms with Gasteiger partial charge in [-0.1, -0.05) is 12.8 Å². The second-order valence-electron chi connectivity index (χ2n) is 2.44. The molecule has 0 saturated heterocycles. The zero-order valence-corrected chi connectivity index (χ0v) is 6.53. The maximum Gasteiger partial charge on any atom is 0.0733 e. The highest BCUT2D eigenvalue weighted by Gasteiger charge is 2.25. The van der Waals surface area contributed by atoms with E-state index < -0.39 is 0 Å². The number of ether oxygens (including phenoxy) is 1. The van der Waals surface area contributed by atoms with Crippen molar-refractivity contribution in [1.29, 1.82) is 0 Å². The van der Waals surface area contributed by atoms with Gasteiger partial charge in [-0.3, -0.25) is 4.72 Å². The molecule has 0 heterocycles. The summed E-state index contributed by atoms with van der Waals surface area (Å²) in [6.07, 6.45) is 4.02. The fraction of sp³-hybridized carbons (Fsp3) is 1.00. The molecular formula is C6H13NOS. The Balaban J connectivity index is 2.32. The van der Waals surface area contributed by atoms with Crippen LogP contribution in [0.3, 0.4) is 0 Å². The van der Waals surface area contributed by atoms with Crippen molar-refractivity contribution in [2.24, 2.45) is 0 Å². The van der Waals surface area contributed by atoms with Crippen LogP contribution in [-0.4, -0.2) is 19.3 Å². The van der Waals surface area contributed by atoms with Gasteiger partial charge in [0.05, 0.1) is 6.10 Å². The van der Waals surface area contributed by atoms with E-state index in [0.717, 1.165) is 0 Å². The highest BCUT2D eigenvalue weighted by Crippen LogP contribution is 2.21. The third-order valence-electron chi connectivity index (χ3n) is 1.92. The van der Waals surface area contributed by atoms with Gasteiger partial charge in [0.2, 0.25) is 0 Å². The van der Waals surface area contributed by atoms with E-state index in [1.807, 2.05) is 0 Å². The molecule has 1 aliphatic carbocycles. The summed E-state index contributed by atoms with van der Waals surface area (Å²) in [5.41, 5.74) is 0. The van der Waals surface area contributed by atoms with Crippen LogP contribution in [0, 0.1) is 0 Å². The molecule has 2 atom stereocenters. The van der Waals surface area contributed by atoms with Crippen molar-refractivity contribution >= 4 is 12.8 Å². The predicted octanol–water partition coefficient (Wildman–Crippen LogP) is 0.988. The summed E-state index contributed by atoms with van der Waals surface area (Å²) in [7, 11) is 1.76. The fourth-order valence-corrected chi connectivity index (χ4v) is 1.65. The molecule has 0 bridgehead atoms. The SMILES string of the molecule is COC1CCCC1NS. The summed E-state index contributed by atoms with van der Waals surface area (Å²) in [5, 5.41) is 0. The lowest BCUT2D eigenvalue weighted by molar-refractivity contribution is 0.0926. The maximum absolute atomic E-state index is 5.20. The first kappa shape index (κ1) is 7.38. The highest BCUT2D eigenvalue weighted by atomic mass is 32.1. The average molecular weight is 147 g/mol. The third kappa shape index (κ3) is 1.60. The lowest BCUT2D eigenvalue weighted by Crippen LogP contribution is -2.30. The summed E-state index contributed by atoms with van der Waals surface area (Å²) in [6, 6.07) is 0.471. The van der Waals surface area contributed by atoms with E-state index in [1.54, 1.807) is 7.11 Å². The van der Waals surface area contributed by atoms with Crippen LogP contribution in [0.25, 0.3) is 0 Å². The van der Waals surface area contributed by atoms with Crippen LogP contribution in [0.5, 0.6) is 0 Å². The van der Waals surface area contributed by atoms with E-state index in [0.29, 0.717) is 12.1 Å². The Bertz CT molecular complexity index is 79.1. The second-order valence-corrected chi connectivity index (χ2v) is 2.70. The van der Waals surface area contributed by atoms with Crippen LogP contribution >= 0.6 is 12.8 Å². The van der Waals surface area contributed by atoms with Gasteiger partial charge in [-0.05, 0) is 19.3 Å². The van der Waals surface area contributed by atoms with Gasteiger partial charge in [-0.2, -0.15) is 0 Å². The number of hydrogen-bond acceptors (Lipinski definition) is 3. The summed E-state index contributed by atoms with van der Waals surface area (Å²) in [5.74, 6) is 0. The van der Waals surface area contributed by atoms with E-state index in [2.05, 4.69) is 17.5 Å². The molecule has 1 N–H and O–H groups in total. The first-order chi connectivity index (χ1) is 4.38. The zero-order chi connectivity index (χ0) is 6.69. The molecule has 9 heavy (non-hydrogen) atoms. The van der Waals surface area contributed by atoms with Crippen LogP contribution in [0.2, 0.25) is 0 Å². The molecule has 1 saturated carbocycles. The lowest BCUT2D eigenvalue weighted by Gasteiger charge is -2.15. The summed E-state index contributed by atoms with van der Waals surface area (Å²) in [4.78, 5) is 0. The molecule has 0 radical (unpaired) electrons. The minimum Gasteiger partial charge on any atom is -0.380 e. The molecule has 1 aliphatic rings. The Kier molecular flexibility index (Phi) is 2.82. The smallest absolute Gasteiger partial charge is 0.0733 e. The number of rotatable bonds is 2. The van der Waals surface area contributed by atoms with Crippen LogP contribution < -0.4 is 4.72 Å². The van der Waals surface area contributed by atoms with Gasteiger partial charge in [0.1, 0.15) is 0 Å². The van der Waals surface area contributed by atoms with E-state index in [4.69, 9.17) is 4.74 Å². The van der Waals surface area contributed by atoms with Crippen molar-refractivity contribution in [2.75, 3.05) is 7.11 Å². The molecule has 0 aromatic carbocycles. The van der Waals surface area contributed by atoms with E-state index in [1.165, 1.54) is 19.3 Å². The molecule has 2 nitrogen and oxygen atoms in total. The Morgan fingerprint density at radius 3 is 2.78 bits per heavy atom. The summed E-state index contributed by atoms with van der Waals surface area (Å²) in [6.45, 7) is 0. The van der Waals surface area contributed by atoms with Gasteiger partial charge >= 0.3 is 0 Å². The zero-order valence-electron chi connectivity index (χ0n) is 5.63. The van der Waals surface area contributed by atoms with Gasteiger partial charge in [0.25, 0.3) is 0 Å². The first-order valence-corrected chi connectivity index (χ1v) is 3.75. The van der Waals surface area contributed by atoms with E-state index >= 15 is 0 Å². The second kappa shape index (κ2) is 3.44. The standard InChI is InChI=1S/C6H13NOS/c1-8-6-4-2-3-5(6)7-9/h5-7,9H,2-4H2,1H3. The number of hydrogen-bond donors (Lipinski definition) is 2. The van der Waals surface area contributed by atoms with Gasteiger partial charge in [-0.25, -0.2) is 0 Å². The lowest BCUT2D eigenvalue weighted by atomic mass is 10.2. The predicted molar refractivity (Wildman–Crippen MR) is 40.6 cm³/mol. The highest BCUT2D eigenvalue weighted by molar-refractivity contribution is 7.78. The minimum atomic E-state index is 0.391. The summed E-state index contributed by atoms with van der Waals surface area (Å²) >= 11 is 4.00. The molecular weight excluding hydrogens is 134 g/mol. The Labute approximate surface area is 61.5 Å². The van der Waals surface area contributed by atoms with Crippen LogP contribution in [0.1, 0.15) is 19.3 Å². The van der Waals surface area contributed by atoms with Crippen LogP contribution in [0.15, 0.2) is 0 Å². The van der Waals surface area contributed by atoms with Gasteiger partial charge < -0.3 is 4.74 Å². The third-order valence-corrected chi connectivity index (χ3v) is 2.25. The van der Waals surface area contributed by atoms with Gasteiger partial charge in [0, 0.05) is 13.2 Å². The molecule has 3 heteroatoms. The van der Waals surface area contributed by atoms with Crippen molar-refractivity contribution in [3.05, 3.63) is 0 Å². The van der Waals surface area contributed by atoms with Crippen LogP contribution in [-0.2, 0) is 4.74 Å². The molecule has 0 spiro atoms. The van der Waals surface area contributed by atoms with Crippen LogP contribution in [0.4, 0.5) is 0 Å². The molecule has 0 aliphatic heterocycles. The van der Waals surface area contributed by atoms with Crippen molar-refractivity contribution in [3.8, 4) is 0 Å². The van der Waals surface area contributed by atoms with E-state index in [9.17, 15) is 0 Å². The maximum atomic E-state index is 5.20. The first-order valence-electron chi connectivity index (χ1n) is 3.31. The molecule has 1 rings (SSSR count). The van der Waals surface area contributed by atoms with Crippen molar-refractivity contribution in [1.82, 2.24) is 4.72 Å². The Morgan fingerprint density at radius 2 is 2.33 bits per heavy atom. The Hall–Kier alpha value is 0.270. The molecule has 1 fully saturated rings. The number of thiol groups is 1. The van der Waals surface area contributed by atoms with Crippen molar-refractivity contribution in [3.63, 3.8) is 0 Å². The molecule has 54 valence electrons. The van der Waals surface area contributed by atoms with Gasteiger partial charge in [-0.15, -0.1) is 0 Å². The monoisotopic (exact) mass is 147 g/mol. The molecule has 0 aromatic heterocycles. The largest absolute Gasteiger partial charge is 0.380 e.